The Hall–Kier alpha value is -3.07. The smallest absolute Gasteiger partial charge is 0.256 e. The standard InChI is InChI=1S/C17H19N7O2/c1-22-10-14(19-21-22)13-9-23(11-16(13)26-2)17(25)12-5-3-4-6-15(12)24-8-7-18-20-24/h3-8,10,13,16H,9,11H2,1-2H3/t13-,16+/m0/s1. The van der Waals surface area contributed by atoms with Gasteiger partial charge in [-0.25, -0.2) is 4.68 Å². The largest absolute Gasteiger partial charge is 0.379 e. The summed E-state index contributed by atoms with van der Waals surface area (Å²) in [6.07, 6.45) is 5.06. The van der Waals surface area contributed by atoms with Crippen LogP contribution in [0, 0.1) is 0 Å². The molecule has 0 bridgehead atoms. The highest BCUT2D eigenvalue weighted by molar-refractivity contribution is 5.98. The molecule has 4 rings (SSSR count). The Kier molecular flexibility index (Phi) is 4.21. The zero-order valence-electron chi connectivity index (χ0n) is 14.6. The molecule has 2 aromatic heterocycles. The molecule has 0 spiro atoms. The number of carbonyl (C=O) groups is 1. The van der Waals surface area contributed by atoms with Gasteiger partial charge in [0.25, 0.3) is 5.91 Å². The van der Waals surface area contributed by atoms with Crippen molar-refractivity contribution in [2.75, 3.05) is 20.2 Å². The minimum absolute atomic E-state index is 0.00353. The number of likely N-dealkylation sites (tertiary alicyclic amines) is 1. The number of hydrogen-bond donors (Lipinski definition) is 0. The molecule has 9 heteroatoms. The quantitative estimate of drug-likeness (QED) is 0.684. The van der Waals surface area contributed by atoms with Crippen molar-refractivity contribution in [3.63, 3.8) is 0 Å². The second kappa shape index (κ2) is 6.68. The van der Waals surface area contributed by atoms with Gasteiger partial charge in [0.2, 0.25) is 0 Å². The summed E-state index contributed by atoms with van der Waals surface area (Å²) < 4.78 is 8.86. The first-order chi connectivity index (χ1) is 12.7. The zero-order valence-corrected chi connectivity index (χ0v) is 14.6. The predicted molar refractivity (Wildman–Crippen MR) is 91.8 cm³/mol. The van der Waals surface area contributed by atoms with E-state index >= 15 is 0 Å². The van der Waals surface area contributed by atoms with Gasteiger partial charge in [-0.3, -0.25) is 9.48 Å². The van der Waals surface area contributed by atoms with Gasteiger partial charge in [-0.1, -0.05) is 22.6 Å². The summed E-state index contributed by atoms with van der Waals surface area (Å²) >= 11 is 0. The highest BCUT2D eigenvalue weighted by Crippen LogP contribution is 2.30. The van der Waals surface area contributed by atoms with E-state index in [-0.39, 0.29) is 17.9 Å². The third-order valence-corrected chi connectivity index (χ3v) is 4.66. The summed E-state index contributed by atoms with van der Waals surface area (Å²) in [5, 5.41) is 16.0. The van der Waals surface area contributed by atoms with E-state index in [4.69, 9.17) is 4.74 Å². The highest BCUT2D eigenvalue weighted by atomic mass is 16.5. The van der Waals surface area contributed by atoms with Crippen LogP contribution in [-0.4, -0.2) is 67.1 Å². The first-order valence-corrected chi connectivity index (χ1v) is 8.31. The number of hydrogen-bond acceptors (Lipinski definition) is 6. The molecule has 3 aromatic rings. The van der Waals surface area contributed by atoms with Crippen molar-refractivity contribution in [2.24, 2.45) is 7.05 Å². The predicted octanol–water partition coefficient (Wildman–Crippen LogP) is 0.650. The number of nitrogens with zero attached hydrogens (tertiary/aromatic N) is 7. The van der Waals surface area contributed by atoms with E-state index in [1.54, 1.807) is 39.8 Å². The molecule has 1 saturated heterocycles. The minimum atomic E-state index is -0.116. The number of amides is 1. The molecule has 3 heterocycles. The molecule has 1 fully saturated rings. The molecule has 1 aliphatic rings. The Morgan fingerprint density at radius 3 is 2.77 bits per heavy atom. The summed E-state index contributed by atoms with van der Waals surface area (Å²) in [4.78, 5) is 15.0. The topological polar surface area (TPSA) is 91.0 Å². The van der Waals surface area contributed by atoms with Crippen LogP contribution < -0.4 is 0 Å². The monoisotopic (exact) mass is 353 g/mol. The lowest BCUT2D eigenvalue weighted by atomic mass is 10.0. The van der Waals surface area contributed by atoms with E-state index in [2.05, 4.69) is 20.6 Å². The lowest BCUT2D eigenvalue weighted by Crippen LogP contribution is -2.30. The molecule has 0 N–H and O–H groups in total. The summed E-state index contributed by atoms with van der Waals surface area (Å²) in [5.41, 5.74) is 2.11. The van der Waals surface area contributed by atoms with Crippen molar-refractivity contribution in [2.45, 2.75) is 12.0 Å². The van der Waals surface area contributed by atoms with Gasteiger partial charge in [-0.05, 0) is 12.1 Å². The molecule has 1 aromatic carbocycles. The fourth-order valence-electron chi connectivity index (χ4n) is 3.36. The van der Waals surface area contributed by atoms with Crippen LogP contribution >= 0.6 is 0 Å². The molecule has 26 heavy (non-hydrogen) atoms. The fourth-order valence-corrected chi connectivity index (χ4v) is 3.36. The van der Waals surface area contributed by atoms with E-state index in [9.17, 15) is 4.79 Å². The number of ether oxygens (including phenoxy) is 1. The molecule has 2 atom stereocenters. The average Bonchev–Trinajstić information content (AvgIpc) is 3.41. The molecule has 1 aliphatic heterocycles. The van der Waals surface area contributed by atoms with Crippen LogP contribution in [0.25, 0.3) is 5.69 Å². The SMILES string of the molecule is CO[C@@H]1CN(C(=O)c2ccccc2-n2ccnn2)C[C@H]1c1cn(C)nn1. The van der Waals surface area contributed by atoms with Crippen LogP contribution in [0.1, 0.15) is 22.0 Å². The van der Waals surface area contributed by atoms with E-state index < -0.39 is 0 Å². The van der Waals surface area contributed by atoms with Crippen molar-refractivity contribution in [1.29, 1.82) is 0 Å². The fraction of sp³-hybridized carbons (Fsp3) is 0.353. The molecule has 0 aliphatic carbocycles. The number of para-hydroxylation sites is 1. The van der Waals surface area contributed by atoms with Crippen LogP contribution in [0.3, 0.4) is 0 Å². The number of aromatic nitrogens is 6. The van der Waals surface area contributed by atoms with Crippen molar-refractivity contribution < 1.29 is 9.53 Å². The molecule has 0 saturated carbocycles. The van der Waals surface area contributed by atoms with Crippen molar-refractivity contribution >= 4 is 5.91 Å². The second-order valence-electron chi connectivity index (χ2n) is 6.27. The van der Waals surface area contributed by atoms with Gasteiger partial charge in [0, 0.05) is 33.4 Å². The van der Waals surface area contributed by atoms with Gasteiger partial charge < -0.3 is 9.64 Å². The lowest BCUT2D eigenvalue weighted by molar-refractivity contribution is 0.0714. The number of carbonyl (C=O) groups excluding carboxylic acids is 1. The first kappa shape index (κ1) is 16.4. The van der Waals surface area contributed by atoms with Crippen LogP contribution in [-0.2, 0) is 11.8 Å². The van der Waals surface area contributed by atoms with Crippen LogP contribution in [0.5, 0.6) is 0 Å². The van der Waals surface area contributed by atoms with Crippen molar-refractivity contribution in [3.8, 4) is 5.69 Å². The molecule has 1 amide bonds. The maximum absolute atomic E-state index is 13.2. The molecule has 0 unspecified atom stereocenters. The van der Waals surface area contributed by atoms with Crippen LogP contribution in [0.4, 0.5) is 0 Å². The first-order valence-electron chi connectivity index (χ1n) is 8.31. The molecular formula is C17H19N7O2. The van der Waals surface area contributed by atoms with Gasteiger partial charge in [-0.15, -0.1) is 10.2 Å². The van der Waals surface area contributed by atoms with Crippen molar-refractivity contribution in [3.05, 3.63) is 54.1 Å². The molecule has 9 nitrogen and oxygen atoms in total. The highest BCUT2D eigenvalue weighted by Gasteiger charge is 2.38. The number of aryl methyl sites for hydroxylation is 1. The normalized spacial score (nSPS) is 19.8. The van der Waals surface area contributed by atoms with Gasteiger partial charge >= 0.3 is 0 Å². The van der Waals surface area contributed by atoms with Crippen molar-refractivity contribution in [1.82, 2.24) is 34.9 Å². The minimum Gasteiger partial charge on any atom is -0.379 e. The Bertz CT molecular complexity index is 905. The molecule has 0 radical (unpaired) electrons. The van der Waals surface area contributed by atoms with Gasteiger partial charge in [-0.2, -0.15) is 0 Å². The number of rotatable bonds is 4. The Labute approximate surface area is 150 Å². The summed E-state index contributed by atoms with van der Waals surface area (Å²) in [6, 6.07) is 7.37. The van der Waals surface area contributed by atoms with Gasteiger partial charge in [0.15, 0.2) is 0 Å². The number of methoxy groups -OCH3 is 1. The summed E-state index contributed by atoms with van der Waals surface area (Å²) in [7, 11) is 3.48. The van der Waals surface area contributed by atoms with E-state index in [0.29, 0.717) is 24.3 Å². The summed E-state index contributed by atoms with van der Waals surface area (Å²) in [6.45, 7) is 1.03. The van der Waals surface area contributed by atoms with E-state index in [1.165, 1.54) is 0 Å². The second-order valence-corrected chi connectivity index (χ2v) is 6.27. The third kappa shape index (κ3) is 2.86. The maximum Gasteiger partial charge on any atom is 0.256 e. The summed E-state index contributed by atoms with van der Waals surface area (Å²) in [5.74, 6) is -0.0688. The van der Waals surface area contributed by atoms with E-state index in [1.807, 2.05) is 31.4 Å². The Morgan fingerprint density at radius 1 is 1.23 bits per heavy atom. The third-order valence-electron chi connectivity index (χ3n) is 4.66. The molecular weight excluding hydrogens is 334 g/mol. The lowest BCUT2D eigenvalue weighted by Gasteiger charge is -2.18. The zero-order chi connectivity index (χ0) is 18.1. The Morgan fingerprint density at radius 2 is 2.08 bits per heavy atom. The van der Waals surface area contributed by atoms with Gasteiger partial charge in [0.05, 0.1) is 41.4 Å². The Balaban J connectivity index is 1.62. The van der Waals surface area contributed by atoms with E-state index in [0.717, 1.165) is 5.69 Å². The van der Waals surface area contributed by atoms with Crippen LogP contribution in [0.2, 0.25) is 0 Å². The molecule has 134 valence electrons. The van der Waals surface area contributed by atoms with Crippen LogP contribution in [0.15, 0.2) is 42.9 Å². The number of benzene rings is 1. The maximum atomic E-state index is 13.2. The average molecular weight is 353 g/mol. The van der Waals surface area contributed by atoms with Gasteiger partial charge in [0.1, 0.15) is 0 Å².